The molecule has 3 heteroatoms. The first-order valence-corrected chi connectivity index (χ1v) is 10.1. The van der Waals surface area contributed by atoms with Crippen LogP contribution in [-0.4, -0.2) is 4.98 Å². The van der Waals surface area contributed by atoms with Crippen LogP contribution in [0.2, 0.25) is 0 Å². The highest BCUT2D eigenvalue weighted by Crippen LogP contribution is 2.40. The van der Waals surface area contributed by atoms with Gasteiger partial charge < -0.3 is 0 Å². The van der Waals surface area contributed by atoms with Crippen LogP contribution in [0.15, 0.2) is 84.9 Å². The fourth-order valence-corrected chi connectivity index (χ4v) is 4.25. The molecule has 0 spiro atoms. The van der Waals surface area contributed by atoms with Crippen LogP contribution in [-0.2, 0) is 5.33 Å². The molecule has 4 rings (SSSR count). The topological polar surface area (TPSA) is 12.9 Å². The molecule has 0 radical (unpaired) electrons. The molecule has 0 aliphatic carbocycles. The lowest BCUT2D eigenvalue weighted by molar-refractivity contribution is 1.38. The maximum Gasteiger partial charge on any atom is 0.124 e. The molecule has 0 fully saturated rings. The van der Waals surface area contributed by atoms with E-state index in [9.17, 15) is 0 Å². The number of rotatable bonds is 4. The number of aromatic nitrogens is 1. The maximum atomic E-state index is 5.01. The molecule has 122 valence electrons. The molecule has 0 saturated carbocycles. The Morgan fingerprint density at radius 3 is 2.04 bits per heavy atom. The van der Waals surface area contributed by atoms with E-state index in [-0.39, 0.29) is 0 Å². The van der Waals surface area contributed by atoms with E-state index in [1.54, 1.807) is 11.3 Å². The molecule has 0 N–H and O–H groups in total. The number of alkyl halides is 1. The summed E-state index contributed by atoms with van der Waals surface area (Å²) in [6.45, 7) is 0. The van der Waals surface area contributed by atoms with E-state index in [1.165, 1.54) is 21.6 Å². The SMILES string of the molecule is BrCc1cccc(-c2nc(-c3ccccc3)c(-c3ccccc3)s2)c1. The Kier molecular flexibility index (Phi) is 4.77. The van der Waals surface area contributed by atoms with Crippen molar-refractivity contribution >= 4 is 27.3 Å². The van der Waals surface area contributed by atoms with Crippen molar-refractivity contribution in [1.82, 2.24) is 4.98 Å². The quantitative estimate of drug-likeness (QED) is 0.331. The first-order chi connectivity index (χ1) is 12.3. The molecule has 0 unspecified atom stereocenters. The Bertz CT molecular complexity index is 920. The van der Waals surface area contributed by atoms with Gasteiger partial charge in [0.05, 0.1) is 10.6 Å². The molecule has 0 amide bonds. The highest BCUT2D eigenvalue weighted by molar-refractivity contribution is 9.08. The molecular formula is C22H16BrNS. The van der Waals surface area contributed by atoms with Gasteiger partial charge in [-0.05, 0) is 17.2 Å². The van der Waals surface area contributed by atoms with Crippen molar-refractivity contribution in [2.45, 2.75) is 5.33 Å². The monoisotopic (exact) mass is 405 g/mol. The molecule has 1 aromatic heterocycles. The summed E-state index contributed by atoms with van der Waals surface area (Å²) >= 11 is 5.29. The molecule has 0 aliphatic rings. The number of hydrogen-bond donors (Lipinski definition) is 0. The lowest BCUT2D eigenvalue weighted by Crippen LogP contribution is -1.83. The molecule has 25 heavy (non-hydrogen) atoms. The highest BCUT2D eigenvalue weighted by Gasteiger charge is 2.15. The van der Waals surface area contributed by atoms with Crippen LogP contribution in [0.1, 0.15) is 5.56 Å². The largest absolute Gasteiger partial charge is 0.235 e. The molecular weight excluding hydrogens is 390 g/mol. The van der Waals surface area contributed by atoms with Gasteiger partial charge in [0.2, 0.25) is 0 Å². The number of halogens is 1. The second-order valence-corrected chi connectivity index (χ2v) is 7.32. The van der Waals surface area contributed by atoms with Crippen molar-refractivity contribution in [1.29, 1.82) is 0 Å². The summed E-state index contributed by atoms with van der Waals surface area (Å²) in [5.41, 5.74) is 5.84. The normalized spacial score (nSPS) is 10.8. The van der Waals surface area contributed by atoms with Crippen LogP contribution in [0.3, 0.4) is 0 Å². The van der Waals surface area contributed by atoms with E-state index in [2.05, 4.69) is 88.7 Å². The summed E-state index contributed by atoms with van der Waals surface area (Å²) in [5.74, 6) is 0. The summed E-state index contributed by atoms with van der Waals surface area (Å²) in [7, 11) is 0. The van der Waals surface area contributed by atoms with Crippen molar-refractivity contribution in [3.05, 3.63) is 90.5 Å². The number of thiazole rings is 1. The van der Waals surface area contributed by atoms with Crippen molar-refractivity contribution in [2.75, 3.05) is 0 Å². The predicted octanol–water partition coefficient (Wildman–Crippen LogP) is 7.04. The standard InChI is InChI=1S/C22H16BrNS/c23-15-16-8-7-13-19(14-16)22-24-20(17-9-3-1-4-10-17)21(25-22)18-11-5-2-6-12-18/h1-14H,15H2. The van der Waals surface area contributed by atoms with Gasteiger partial charge in [-0.15, -0.1) is 11.3 Å². The van der Waals surface area contributed by atoms with Gasteiger partial charge in [0.25, 0.3) is 0 Å². The summed E-state index contributed by atoms with van der Waals surface area (Å²) in [6.07, 6.45) is 0. The van der Waals surface area contributed by atoms with Gasteiger partial charge in [-0.25, -0.2) is 4.98 Å². The van der Waals surface area contributed by atoms with Crippen molar-refractivity contribution in [3.63, 3.8) is 0 Å². The second kappa shape index (κ2) is 7.34. The van der Waals surface area contributed by atoms with Gasteiger partial charge >= 0.3 is 0 Å². The maximum absolute atomic E-state index is 5.01. The second-order valence-electron chi connectivity index (χ2n) is 5.76. The zero-order valence-corrected chi connectivity index (χ0v) is 15.9. The zero-order valence-electron chi connectivity index (χ0n) is 13.5. The molecule has 0 atom stereocenters. The average molecular weight is 406 g/mol. The predicted molar refractivity (Wildman–Crippen MR) is 111 cm³/mol. The van der Waals surface area contributed by atoms with Crippen LogP contribution in [0.4, 0.5) is 0 Å². The number of nitrogens with zero attached hydrogens (tertiary/aromatic N) is 1. The van der Waals surface area contributed by atoms with E-state index in [4.69, 9.17) is 4.98 Å². The van der Waals surface area contributed by atoms with Gasteiger partial charge in [0, 0.05) is 16.5 Å². The Labute approximate surface area is 160 Å². The molecule has 0 bridgehead atoms. The first kappa shape index (κ1) is 16.2. The first-order valence-electron chi connectivity index (χ1n) is 8.12. The minimum atomic E-state index is 0.850. The van der Waals surface area contributed by atoms with E-state index >= 15 is 0 Å². The van der Waals surface area contributed by atoms with Crippen molar-refractivity contribution < 1.29 is 0 Å². The van der Waals surface area contributed by atoms with Gasteiger partial charge in [-0.3, -0.25) is 0 Å². The Hall–Kier alpha value is -2.23. The van der Waals surface area contributed by atoms with Crippen molar-refractivity contribution in [3.8, 4) is 32.3 Å². The fraction of sp³-hybridized carbons (Fsp3) is 0.0455. The molecule has 1 nitrogen and oxygen atoms in total. The van der Waals surface area contributed by atoms with Crippen LogP contribution in [0, 0.1) is 0 Å². The third-order valence-electron chi connectivity index (χ3n) is 4.04. The summed E-state index contributed by atoms with van der Waals surface area (Å²) in [5, 5.41) is 1.91. The highest BCUT2D eigenvalue weighted by atomic mass is 79.9. The van der Waals surface area contributed by atoms with E-state index in [0.717, 1.165) is 21.6 Å². The third kappa shape index (κ3) is 3.44. The molecule has 1 heterocycles. The van der Waals surface area contributed by atoms with Crippen LogP contribution < -0.4 is 0 Å². The average Bonchev–Trinajstić information content (AvgIpc) is 3.15. The Balaban J connectivity index is 1.89. The Morgan fingerprint density at radius 2 is 1.36 bits per heavy atom. The van der Waals surface area contributed by atoms with E-state index in [0.29, 0.717) is 0 Å². The van der Waals surface area contributed by atoms with Crippen LogP contribution in [0.5, 0.6) is 0 Å². The molecule has 3 aromatic carbocycles. The third-order valence-corrected chi connectivity index (χ3v) is 5.84. The van der Waals surface area contributed by atoms with Gasteiger partial charge in [0.1, 0.15) is 5.01 Å². The number of hydrogen-bond acceptors (Lipinski definition) is 2. The summed E-state index contributed by atoms with van der Waals surface area (Å²) < 4.78 is 0. The van der Waals surface area contributed by atoms with Crippen LogP contribution in [0.25, 0.3) is 32.3 Å². The van der Waals surface area contributed by atoms with E-state index in [1.807, 2.05) is 12.1 Å². The minimum absolute atomic E-state index is 0.850. The van der Waals surface area contributed by atoms with Gasteiger partial charge in [-0.1, -0.05) is 94.8 Å². The lowest BCUT2D eigenvalue weighted by Gasteiger charge is -2.02. The molecule has 0 saturated heterocycles. The molecule has 4 aromatic rings. The van der Waals surface area contributed by atoms with Crippen molar-refractivity contribution in [2.24, 2.45) is 0 Å². The lowest BCUT2D eigenvalue weighted by atomic mass is 10.1. The molecule has 0 aliphatic heterocycles. The smallest absolute Gasteiger partial charge is 0.124 e. The summed E-state index contributed by atoms with van der Waals surface area (Å²) in [4.78, 5) is 6.22. The zero-order chi connectivity index (χ0) is 17.1. The minimum Gasteiger partial charge on any atom is -0.235 e. The van der Waals surface area contributed by atoms with Crippen LogP contribution >= 0.6 is 27.3 Å². The fourth-order valence-electron chi connectivity index (χ4n) is 2.81. The van der Waals surface area contributed by atoms with Gasteiger partial charge in [-0.2, -0.15) is 0 Å². The van der Waals surface area contributed by atoms with Gasteiger partial charge in [0.15, 0.2) is 0 Å². The summed E-state index contributed by atoms with van der Waals surface area (Å²) in [6, 6.07) is 29.5. The number of benzene rings is 3. The Morgan fingerprint density at radius 1 is 0.720 bits per heavy atom. The van der Waals surface area contributed by atoms with E-state index < -0.39 is 0 Å².